The van der Waals surface area contributed by atoms with Crippen LogP contribution in [0.4, 0.5) is 13.2 Å². The maximum absolute atomic E-state index is 12.3. The van der Waals surface area contributed by atoms with Gasteiger partial charge in [-0.2, -0.15) is 13.2 Å². The average molecular weight is 257 g/mol. The van der Waals surface area contributed by atoms with Gasteiger partial charge in [-0.25, -0.2) is 0 Å². The molecule has 2 nitrogen and oxygen atoms in total. The van der Waals surface area contributed by atoms with Crippen molar-refractivity contribution in [2.45, 2.75) is 19.0 Å². The SMILES string of the molecule is FC(F)(F)c1ccc(O/C=C2/CCCNC2)cc1. The van der Waals surface area contributed by atoms with Gasteiger partial charge < -0.3 is 10.1 Å². The molecule has 98 valence electrons. The van der Waals surface area contributed by atoms with Crippen LogP contribution in [-0.4, -0.2) is 13.1 Å². The molecule has 1 fully saturated rings. The first-order valence-corrected chi connectivity index (χ1v) is 5.78. The summed E-state index contributed by atoms with van der Waals surface area (Å²) >= 11 is 0. The van der Waals surface area contributed by atoms with Crippen LogP contribution in [0.25, 0.3) is 0 Å². The third-order valence-corrected chi connectivity index (χ3v) is 2.75. The molecule has 0 unspecified atom stereocenters. The molecule has 1 aromatic carbocycles. The molecule has 0 amide bonds. The van der Waals surface area contributed by atoms with Gasteiger partial charge >= 0.3 is 6.18 Å². The van der Waals surface area contributed by atoms with E-state index in [0.717, 1.165) is 43.6 Å². The number of hydrogen-bond donors (Lipinski definition) is 1. The van der Waals surface area contributed by atoms with Crippen molar-refractivity contribution in [2.24, 2.45) is 0 Å². The van der Waals surface area contributed by atoms with Crippen LogP contribution in [0, 0.1) is 0 Å². The maximum atomic E-state index is 12.3. The van der Waals surface area contributed by atoms with E-state index >= 15 is 0 Å². The second-order valence-electron chi connectivity index (χ2n) is 4.20. The van der Waals surface area contributed by atoms with E-state index in [2.05, 4.69) is 5.32 Å². The Balaban J connectivity index is 1.98. The zero-order valence-corrected chi connectivity index (χ0v) is 9.76. The van der Waals surface area contributed by atoms with Crippen LogP contribution in [0.3, 0.4) is 0 Å². The van der Waals surface area contributed by atoms with Crippen LogP contribution in [0.2, 0.25) is 0 Å². The quantitative estimate of drug-likeness (QED) is 0.820. The molecule has 0 bridgehead atoms. The number of nitrogens with one attached hydrogen (secondary N) is 1. The van der Waals surface area contributed by atoms with Crippen LogP contribution in [-0.2, 0) is 6.18 Å². The van der Waals surface area contributed by atoms with Gasteiger partial charge in [-0.3, -0.25) is 0 Å². The summed E-state index contributed by atoms with van der Waals surface area (Å²) in [7, 11) is 0. The lowest BCUT2D eigenvalue weighted by atomic mass is 10.1. The van der Waals surface area contributed by atoms with Crippen molar-refractivity contribution in [1.29, 1.82) is 0 Å². The molecule has 1 saturated heterocycles. The number of alkyl halides is 3. The molecule has 1 heterocycles. The van der Waals surface area contributed by atoms with Crippen molar-refractivity contribution < 1.29 is 17.9 Å². The fourth-order valence-corrected chi connectivity index (χ4v) is 1.75. The minimum atomic E-state index is -4.30. The molecule has 2 rings (SSSR count). The summed E-state index contributed by atoms with van der Waals surface area (Å²) in [4.78, 5) is 0. The highest BCUT2D eigenvalue weighted by Gasteiger charge is 2.29. The van der Waals surface area contributed by atoms with Gasteiger partial charge in [0.15, 0.2) is 0 Å². The van der Waals surface area contributed by atoms with Crippen molar-refractivity contribution in [3.05, 3.63) is 41.7 Å². The van der Waals surface area contributed by atoms with Gasteiger partial charge in [0.1, 0.15) is 5.75 Å². The molecule has 0 atom stereocenters. The molecule has 0 saturated carbocycles. The van der Waals surface area contributed by atoms with Gasteiger partial charge in [-0.05, 0) is 49.2 Å². The van der Waals surface area contributed by atoms with Gasteiger partial charge in [0.2, 0.25) is 0 Å². The van der Waals surface area contributed by atoms with E-state index in [1.807, 2.05) is 0 Å². The van der Waals surface area contributed by atoms with Crippen molar-refractivity contribution in [2.75, 3.05) is 13.1 Å². The van der Waals surface area contributed by atoms with Crippen LogP contribution in [0.5, 0.6) is 5.75 Å². The lowest BCUT2D eigenvalue weighted by Crippen LogP contribution is -2.24. The van der Waals surface area contributed by atoms with E-state index in [1.54, 1.807) is 6.26 Å². The Morgan fingerprint density at radius 2 is 1.89 bits per heavy atom. The van der Waals surface area contributed by atoms with E-state index in [9.17, 15) is 13.2 Å². The van der Waals surface area contributed by atoms with Crippen LogP contribution < -0.4 is 10.1 Å². The molecule has 0 aliphatic carbocycles. The highest BCUT2D eigenvalue weighted by atomic mass is 19.4. The molecule has 1 aliphatic rings. The Labute approximate surface area is 103 Å². The standard InChI is InChI=1S/C13H14F3NO/c14-13(15,16)11-3-5-12(6-4-11)18-9-10-2-1-7-17-8-10/h3-6,9,17H,1-2,7-8H2/b10-9-. The van der Waals surface area contributed by atoms with Crippen LogP contribution >= 0.6 is 0 Å². The monoisotopic (exact) mass is 257 g/mol. The summed E-state index contributed by atoms with van der Waals surface area (Å²) in [6, 6.07) is 4.70. The second kappa shape index (κ2) is 5.44. The summed E-state index contributed by atoms with van der Waals surface area (Å²) in [6.45, 7) is 1.78. The highest BCUT2D eigenvalue weighted by molar-refractivity contribution is 5.29. The molecular weight excluding hydrogens is 243 g/mol. The van der Waals surface area contributed by atoms with Gasteiger partial charge in [0, 0.05) is 6.54 Å². The highest BCUT2D eigenvalue weighted by Crippen LogP contribution is 2.30. The molecule has 1 aromatic rings. The number of benzene rings is 1. The van der Waals surface area contributed by atoms with Crippen LogP contribution in [0.1, 0.15) is 18.4 Å². The number of halogens is 3. The van der Waals surface area contributed by atoms with Gasteiger partial charge in [0.05, 0.1) is 11.8 Å². The molecule has 1 aliphatic heterocycles. The number of piperidine rings is 1. The summed E-state index contributed by atoms with van der Waals surface area (Å²) in [5.74, 6) is 0.418. The normalized spacial score (nSPS) is 18.9. The Bertz CT molecular complexity index is 415. The van der Waals surface area contributed by atoms with E-state index in [1.165, 1.54) is 12.1 Å². The summed E-state index contributed by atoms with van der Waals surface area (Å²) in [6.07, 6.45) is -0.658. The van der Waals surface area contributed by atoms with Gasteiger partial charge in [-0.15, -0.1) is 0 Å². The third-order valence-electron chi connectivity index (χ3n) is 2.75. The molecule has 0 radical (unpaired) electrons. The lowest BCUT2D eigenvalue weighted by Gasteiger charge is -2.15. The molecule has 0 spiro atoms. The number of hydrogen-bond acceptors (Lipinski definition) is 2. The lowest BCUT2D eigenvalue weighted by molar-refractivity contribution is -0.137. The Morgan fingerprint density at radius 3 is 2.44 bits per heavy atom. The summed E-state index contributed by atoms with van der Waals surface area (Å²) in [5.41, 5.74) is 0.461. The maximum Gasteiger partial charge on any atom is 0.416 e. The van der Waals surface area contributed by atoms with E-state index in [4.69, 9.17) is 4.74 Å². The molecular formula is C13H14F3NO. The van der Waals surface area contributed by atoms with Crippen LogP contribution in [0.15, 0.2) is 36.1 Å². The minimum Gasteiger partial charge on any atom is -0.465 e. The first-order chi connectivity index (χ1) is 8.55. The van der Waals surface area contributed by atoms with E-state index < -0.39 is 11.7 Å². The second-order valence-corrected chi connectivity index (χ2v) is 4.20. The van der Waals surface area contributed by atoms with E-state index in [0.29, 0.717) is 5.75 Å². The molecule has 1 N–H and O–H groups in total. The Kier molecular flexibility index (Phi) is 3.91. The predicted octanol–water partition coefficient (Wildman–Crippen LogP) is 3.35. The fourth-order valence-electron chi connectivity index (χ4n) is 1.75. The van der Waals surface area contributed by atoms with Crippen molar-refractivity contribution in [3.8, 4) is 5.75 Å². The largest absolute Gasteiger partial charge is 0.465 e. The zero-order valence-electron chi connectivity index (χ0n) is 9.76. The molecule has 0 aromatic heterocycles. The smallest absolute Gasteiger partial charge is 0.416 e. The average Bonchev–Trinajstić information content (AvgIpc) is 2.37. The third kappa shape index (κ3) is 3.50. The molecule has 18 heavy (non-hydrogen) atoms. The zero-order chi connectivity index (χ0) is 13.0. The first-order valence-electron chi connectivity index (χ1n) is 5.78. The molecule has 5 heteroatoms. The van der Waals surface area contributed by atoms with Gasteiger partial charge in [-0.1, -0.05) is 0 Å². The van der Waals surface area contributed by atoms with Crippen molar-refractivity contribution in [3.63, 3.8) is 0 Å². The first kappa shape index (κ1) is 13.0. The van der Waals surface area contributed by atoms with Gasteiger partial charge in [0.25, 0.3) is 0 Å². The van der Waals surface area contributed by atoms with Crippen molar-refractivity contribution >= 4 is 0 Å². The summed E-state index contributed by atoms with van der Waals surface area (Å²) in [5, 5.41) is 3.20. The number of rotatable bonds is 2. The summed E-state index contributed by atoms with van der Waals surface area (Å²) < 4.78 is 42.3. The van der Waals surface area contributed by atoms with Crippen molar-refractivity contribution in [1.82, 2.24) is 5.32 Å². The predicted molar refractivity (Wildman–Crippen MR) is 62.3 cm³/mol. The Hall–Kier alpha value is -1.49. The Morgan fingerprint density at radius 1 is 1.17 bits per heavy atom. The number of ether oxygens (including phenoxy) is 1. The van der Waals surface area contributed by atoms with E-state index in [-0.39, 0.29) is 0 Å². The topological polar surface area (TPSA) is 21.3 Å². The minimum absolute atomic E-state index is 0.418. The fraction of sp³-hybridized carbons (Fsp3) is 0.385.